The van der Waals surface area contributed by atoms with E-state index in [2.05, 4.69) is 5.32 Å². The van der Waals surface area contributed by atoms with E-state index < -0.39 is 11.1 Å². The zero-order valence-electron chi connectivity index (χ0n) is 11.8. The van der Waals surface area contributed by atoms with Gasteiger partial charge in [-0.05, 0) is 45.4 Å². The number of esters is 1. The molecule has 0 fully saturated rings. The van der Waals surface area contributed by atoms with Gasteiger partial charge in [-0.3, -0.25) is 0 Å². The Morgan fingerprint density at radius 3 is 2.47 bits per heavy atom. The van der Waals surface area contributed by atoms with E-state index in [-0.39, 0.29) is 5.97 Å². The highest BCUT2D eigenvalue weighted by Gasteiger charge is 2.43. The van der Waals surface area contributed by atoms with E-state index in [0.29, 0.717) is 6.42 Å². The minimum atomic E-state index is -0.761. The number of carbonyl (C=O) groups excluding carboxylic acids is 1. The molecule has 1 unspecified atom stereocenters. The lowest BCUT2D eigenvalue weighted by molar-refractivity contribution is -0.164. The van der Waals surface area contributed by atoms with Crippen molar-refractivity contribution in [2.24, 2.45) is 0 Å². The maximum absolute atomic E-state index is 12.6. The smallest absolute Gasteiger partial charge is 0.337 e. The second-order valence-corrected chi connectivity index (χ2v) is 5.86. The highest BCUT2D eigenvalue weighted by molar-refractivity contribution is 5.83. The first-order chi connectivity index (χ1) is 8.94. The standard InChI is InChI=1S/C16H21NO2/c1-15(2,3)19-14(18)16(11-7-8-12-17-16)13-9-5-4-6-10-13/h4-6,8-10,12,17H,7,11H2,1-3H3. The first-order valence-corrected chi connectivity index (χ1v) is 6.66. The molecule has 1 aromatic rings. The number of carbonyl (C=O) groups is 1. The van der Waals surface area contributed by atoms with Gasteiger partial charge >= 0.3 is 5.97 Å². The molecule has 0 aromatic heterocycles. The molecule has 1 N–H and O–H groups in total. The number of allylic oxidation sites excluding steroid dienone is 1. The maximum Gasteiger partial charge on any atom is 0.337 e. The molecule has 0 aliphatic carbocycles. The molecule has 2 rings (SSSR count). The lowest BCUT2D eigenvalue weighted by atomic mass is 9.83. The molecular formula is C16H21NO2. The van der Waals surface area contributed by atoms with Crippen LogP contribution in [0.4, 0.5) is 0 Å². The summed E-state index contributed by atoms with van der Waals surface area (Å²) in [5.74, 6) is -0.212. The molecule has 1 atom stereocenters. The van der Waals surface area contributed by atoms with Crippen LogP contribution in [0.15, 0.2) is 42.6 Å². The van der Waals surface area contributed by atoms with Gasteiger partial charge in [0, 0.05) is 0 Å². The minimum Gasteiger partial charge on any atom is -0.458 e. The number of nitrogens with one attached hydrogen (secondary N) is 1. The Bertz CT molecular complexity index is 473. The van der Waals surface area contributed by atoms with Gasteiger partial charge in [0.05, 0.1) is 0 Å². The lowest BCUT2D eigenvalue weighted by Gasteiger charge is -2.36. The molecule has 0 saturated carbocycles. The summed E-state index contributed by atoms with van der Waals surface area (Å²) in [6.45, 7) is 5.67. The number of benzene rings is 1. The molecule has 19 heavy (non-hydrogen) atoms. The Balaban J connectivity index is 2.36. The molecule has 0 spiro atoms. The van der Waals surface area contributed by atoms with Crippen LogP contribution < -0.4 is 5.32 Å². The predicted molar refractivity (Wildman–Crippen MR) is 75.5 cm³/mol. The molecule has 102 valence electrons. The van der Waals surface area contributed by atoms with Crippen LogP contribution in [0, 0.1) is 0 Å². The molecule has 1 aliphatic heterocycles. The molecule has 0 saturated heterocycles. The summed E-state index contributed by atoms with van der Waals surface area (Å²) in [4.78, 5) is 12.6. The Kier molecular flexibility index (Phi) is 3.65. The van der Waals surface area contributed by atoms with Crippen LogP contribution in [-0.2, 0) is 15.1 Å². The third kappa shape index (κ3) is 2.98. The molecule has 1 aliphatic rings. The zero-order valence-corrected chi connectivity index (χ0v) is 11.8. The van der Waals surface area contributed by atoms with Crippen LogP contribution in [0.2, 0.25) is 0 Å². The van der Waals surface area contributed by atoms with E-state index in [1.165, 1.54) is 0 Å². The summed E-state index contributed by atoms with van der Waals surface area (Å²) in [5, 5.41) is 3.22. The normalized spacial score (nSPS) is 22.7. The summed E-state index contributed by atoms with van der Waals surface area (Å²) in [6.07, 6.45) is 5.45. The fraction of sp³-hybridized carbons (Fsp3) is 0.438. The topological polar surface area (TPSA) is 38.3 Å². The van der Waals surface area contributed by atoms with E-state index in [9.17, 15) is 4.79 Å². The van der Waals surface area contributed by atoms with Crippen LogP contribution in [0.1, 0.15) is 39.2 Å². The van der Waals surface area contributed by atoms with Gasteiger partial charge in [0.1, 0.15) is 5.60 Å². The molecule has 0 amide bonds. The van der Waals surface area contributed by atoms with Crippen molar-refractivity contribution in [3.05, 3.63) is 48.2 Å². The molecule has 3 nitrogen and oxygen atoms in total. The Hall–Kier alpha value is -1.77. The Morgan fingerprint density at radius 1 is 1.26 bits per heavy atom. The van der Waals surface area contributed by atoms with Crippen molar-refractivity contribution in [1.82, 2.24) is 5.32 Å². The van der Waals surface area contributed by atoms with Gasteiger partial charge in [-0.2, -0.15) is 0 Å². The largest absolute Gasteiger partial charge is 0.458 e. The molecule has 0 bridgehead atoms. The molecule has 3 heteroatoms. The monoisotopic (exact) mass is 259 g/mol. The summed E-state index contributed by atoms with van der Waals surface area (Å²) in [7, 11) is 0. The van der Waals surface area contributed by atoms with E-state index in [0.717, 1.165) is 12.0 Å². The van der Waals surface area contributed by atoms with Crippen LogP contribution in [0.3, 0.4) is 0 Å². The maximum atomic E-state index is 12.6. The summed E-state index contributed by atoms with van der Waals surface area (Å²) in [6, 6.07) is 9.78. The lowest BCUT2D eigenvalue weighted by Crippen LogP contribution is -2.51. The minimum absolute atomic E-state index is 0.212. The highest BCUT2D eigenvalue weighted by atomic mass is 16.6. The second kappa shape index (κ2) is 5.08. The molecule has 0 radical (unpaired) electrons. The number of hydrogen-bond donors (Lipinski definition) is 1. The molecular weight excluding hydrogens is 238 g/mol. The zero-order chi connectivity index (χ0) is 13.9. The quantitative estimate of drug-likeness (QED) is 0.829. The van der Waals surface area contributed by atoms with Crippen molar-refractivity contribution in [1.29, 1.82) is 0 Å². The van der Waals surface area contributed by atoms with E-state index in [1.54, 1.807) is 0 Å². The number of rotatable bonds is 2. The third-order valence-electron chi connectivity index (χ3n) is 3.15. The van der Waals surface area contributed by atoms with E-state index >= 15 is 0 Å². The summed E-state index contributed by atoms with van der Waals surface area (Å²) < 4.78 is 5.60. The van der Waals surface area contributed by atoms with E-state index in [1.807, 2.05) is 63.4 Å². The second-order valence-electron chi connectivity index (χ2n) is 5.86. The van der Waals surface area contributed by atoms with E-state index in [4.69, 9.17) is 4.74 Å². The first-order valence-electron chi connectivity index (χ1n) is 6.66. The summed E-state index contributed by atoms with van der Waals surface area (Å²) >= 11 is 0. The van der Waals surface area contributed by atoms with Crippen molar-refractivity contribution in [2.75, 3.05) is 0 Å². The van der Waals surface area contributed by atoms with Gasteiger partial charge in [-0.25, -0.2) is 4.79 Å². The Labute approximate surface area is 114 Å². The van der Waals surface area contributed by atoms with Gasteiger partial charge < -0.3 is 10.1 Å². The first kappa shape index (κ1) is 13.7. The predicted octanol–water partition coefficient (Wildman–Crippen LogP) is 3.12. The van der Waals surface area contributed by atoms with Gasteiger partial charge in [0.2, 0.25) is 0 Å². The fourth-order valence-corrected chi connectivity index (χ4v) is 2.25. The van der Waals surface area contributed by atoms with Crippen molar-refractivity contribution >= 4 is 5.97 Å². The Morgan fingerprint density at radius 2 is 1.95 bits per heavy atom. The highest BCUT2D eigenvalue weighted by Crippen LogP contribution is 2.32. The summed E-state index contributed by atoms with van der Waals surface area (Å²) in [5.41, 5.74) is -0.293. The van der Waals surface area contributed by atoms with Crippen molar-refractivity contribution in [3.8, 4) is 0 Å². The average Bonchev–Trinajstić information content (AvgIpc) is 2.38. The van der Waals surface area contributed by atoms with Gasteiger partial charge in [0.15, 0.2) is 5.54 Å². The van der Waals surface area contributed by atoms with Crippen LogP contribution in [-0.4, -0.2) is 11.6 Å². The van der Waals surface area contributed by atoms with Crippen molar-refractivity contribution in [3.63, 3.8) is 0 Å². The van der Waals surface area contributed by atoms with Gasteiger partial charge in [-0.1, -0.05) is 36.4 Å². The van der Waals surface area contributed by atoms with Crippen LogP contribution in [0.5, 0.6) is 0 Å². The van der Waals surface area contributed by atoms with Gasteiger partial charge in [-0.15, -0.1) is 0 Å². The van der Waals surface area contributed by atoms with Crippen LogP contribution >= 0.6 is 0 Å². The van der Waals surface area contributed by atoms with Crippen LogP contribution in [0.25, 0.3) is 0 Å². The number of hydrogen-bond acceptors (Lipinski definition) is 3. The van der Waals surface area contributed by atoms with Crippen molar-refractivity contribution < 1.29 is 9.53 Å². The third-order valence-corrected chi connectivity index (χ3v) is 3.15. The number of ether oxygens (including phenoxy) is 1. The molecule has 1 heterocycles. The molecule has 1 aromatic carbocycles. The fourth-order valence-electron chi connectivity index (χ4n) is 2.25. The SMILES string of the molecule is CC(C)(C)OC(=O)C1(c2ccccc2)CCC=CN1. The average molecular weight is 259 g/mol. The van der Waals surface area contributed by atoms with Gasteiger partial charge in [0.25, 0.3) is 0 Å². The van der Waals surface area contributed by atoms with Crippen molar-refractivity contribution in [2.45, 2.75) is 44.8 Å².